The van der Waals surface area contributed by atoms with Crippen molar-refractivity contribution in [2.24, 2.45) is 71.0 Å². The van der Waals surface area contributed by atoms with Crippen LogP contribution < -0.4 is 4.74 Å². The van der Waals surface area contributed by atoms with Crippen molar-refractivity contribution >= 4 is 23.4 Å². The van der Waals surface area contributed by atoms with Gasteiger partial charge in [0.25, 0.3) is 11.6 Å². The maximum absolute atomic E-state index is 11.6. The standard InChI is InChI=1S/C24H32O8.C18H22O4.C10H14O.C8H7ClO3.3C2H6/c1-28-24(23(31-32-24)16-6-13-5-14(8-16)9-17(23)7-13)15-3-2-4-18(10-15)29-22-21(27)20(26)11-19(12-25)30-22;1-20-18(13-3-2-4-16(19)10-13)17(21-22-18)14-6-11-5-12(8-14)9-15(17)7-11;11-10-8-2-6-1-7(4-8)5-9(10)3-6;1-12-8(11)5-2-3-6(9)7(10)4-5;3*1-2/h2-4,10,13-14,16-17,19-22,25-27H,5-9,11-12H2,1H3;2-4,10-12,14-15,19H,5-9H2,1H3;6-9H,1-5H2;2-4,10H,1H3;3*1-2H3/t13?,14?,16?,17?,19?,20-,21?,22+,23?,24?;;;;;;/m0....../s1/i2*1D3;;1D3;;;. The molecule has 12 aliphatic carbocycles. The Morgan fingerprint density at radius 1 is 0.602 bits per heavy atom. The summed E-state index contributed by atoms with van der Waals surface area (Å²) in [5.74, 6) is 2.75. The lowest BCUT2D eigenvalue weighted by Gasteiger charge is -2.68. The number of Topliss-reactive ketones (excluding diaryl/α,β-unsaturated/α-hetero) is 1. The van der Waals surface area contributed by atoms with E-state index in [2.05, 4.69) is 4.74 Å². The second-order valence-electron chi connectivity index (χ2n) is 24.5. The molecular weight excluding hydrogens is 1080 g/mol. The van der Waals surface area contributed by atoms with Crippen LogP contribution in [0.2, 0.25) is 5.02 Å². The second kappa shape index (κ2) is 26.6. The van der Waals surface area contributed by atoms with Gasteiger partial charge in [0, 0.05) is 43.5 Å². The highest BCUT2D eigenvalue weighted by atomic mass is 35.5. The minimum absolute atomic E-state index is 0.0560. The minimum atomic E-state index is -2.80. The molecule has 3 saturated heterocycles. The lowest BCUT2D eigenvalue weighted by Crippen LogP contribution is -2.76. The van der Waals surface area contributed by atoms with Crippen LogP contribution >= 0.6 is 11.6 Å². The lowest BCUT2D eigenvalue weighted by molar-refractivity contribution is -0.645. The summed E-state index contributed by atoms with van der Waals surface area (Å²) in [6.07, 6.45) is 12.7. The third-order valence-corrected chi connectivity index (χ3v) is 20.5. The first-order valence-corrected chi connectivity index (χ1v) is 31.0. The number of carbonyl (C=O) groups is 2. The largest absolute Gasteiger partial charge is 0.508 e. The normalized spacial score (nSPS) is 42.6. The van der Waals surface area contributed by atoms with Crippen LogP contribution in [-0.2, 0) is 54.9 Å². The number of aromatic hydroxyl groups is 2. The van der Waals surface area contributed by atoms with Crippen molar-refractivity contribution in [3.8, 4) is 17.2 Å². The molecular formula is C66H93ClO16. The van der Waals surface area contributed by atoms with Crippen LogP contribution in [0, 0.1) is 71.0 Å². The molecule has 18 rings (SSSR count). The van der Waals surface area contributed by atoms with Gasteiger partial charge in [0.05, 0.1) is 48.8 Å². The zero-order valence-corrected chi connectivity index (χ0v) is 49.5. The Morgan fingerprint density at radius 2 is 1.07 bits per heavy atom. The molecule has 17 heteroatoms. The van der Waals surface area contributed by atoms with E-state index in [1.807, 2.05) is 41.5 Å². The van der Waals surface area contributed by atoms with Gasteiger partial charge in [-0.15, -0.1) is 0 Å². The molecule has 0 amide bonds. The molecule has 4 unspecified atom stereocenters. The first-order valence-electron chi connectivity index (χ1n) is 35.2. The van der Waals surface area contributed by atoms with Crippen molar-refractivity contribution < 1.29 is 90.7 Å². The Kier molecular flexibility index (Phi) is 16.7. The van der Waals surface area contributed by atoms with Crippen LogP contribution in [0.5, 0.6) is 17.2 Å². The summed E-state index contributed by atoms with van der Waals surface area (Å²) in [5, 5.41) is 49.1. The number of aliphatic hydroxyl groups is 3. The van der Waals surface area contributed by atoms with Gasteiger partial charge in [0.2, 0.25) is 6.29 Å². The monoisotopic (exact) mass is 1190 g/mol. The van der Waals surface area contributed by atoms with Gasteiger partial charge in [-0.05, 0) is 198 Å². The van der Waals surface area contributed by atoms with E-state index >= 15 is 0 Å². The Hall–Kier alpha value is -3.91. The number of benzene rings is 3. The topological polar surface area (TPSA) is 218 Å². The molecule has 5 N–H and O–H groups in total. The number of aliphatic hydroxyl groups excluding tert-OH is 3. The minimum Gasteiger partial charge on any atom is -0.508 e. The molecule has 460 valence electrons. The predicted molar refractivity (Wildman–Crippen MR) is 309 cm³/mol. The molecule has 3 aliphatic heterocycles. The average Bonchev–Trinajstić information content (AvgIpc) is 0.677. The van der Waals surface area contributed by atoms with Gasteiger partial charge < -0.3 is 49.2 Å². The molecule has 15 aliphatic rings. The lowest BCUT2D eigenvalue weighted by atomic mass is 9.47. The van der Waals surface area contributed by atoms with Gasteiger partial charge in [0.1, 0.15) is 29.1 Å². The number of rotatable bonds is 8. The molecule has 3 aromatic carbocycles. The van der Waals surface area contributed by atoms with E-state index in [4.69, 9.17) is 67.5 Å². The molecule has 2 spiro atoms. The van der Waals surface area contributed by atoms with Gasteiger partial charge in [-0.1, -0.05) is 77.4 Å². The van der Waals surface area contributed by atoms with E-state index in [9.17, 15) is 30.0 Å². The quantitative estimate of drug-likeness (QED) is 0.105. The van der Waals surface area contributed by atoms with Gasteiger partial charge >= 0.3 is 5.97 Å². The third kappa shape index (κ3) is 11.4. The highest BCUT2D eigenvalue weighted by molar-refractivity contribution is 6.32. The number of hydrogen-bond acceptors (Lipinski definition) is 16. The molecule has 16 nitrogen and oxygen atoms in total. The van der Waals surface area contributed by atoms with E-state index < -0.39 is 74.5 Å². The van der Waals surface area contributed by atoms with E-state index in [1.165, 1.54) is 63.1 Å². The van der Waals surface area contributed by atoms with Crippen molar-refractivity contribution in [1.82, 2.24) is 0 Å². The molecule has 3 aromatic rings. The fourth-order valence-electron chi connectivity index (χ4n) is 17.5. The van der Waals surface area contributed by atoms with E-state index in [1.54, 1.807) is 42.5 Å². The summed E-state index contributed by atoms with van der Waals surface area (Å²) in [5.41, 5.74) is -0.778. The number of phenols is 2. The molecule has 83 heavy (non-hydrogen) atoms. The number of methoxy groups -OCH3 is 3. The number of esters is 1. The molecule has 6 atom stereocenters. The number of ether oxygens (including phenoxy) is 5. The van der Waals surface area contributed by atoms with Crippen LogP contribution in [0.15, 0.2) is 66.7 Å². The van der Waals surface area contributed by atoms with Gasteiger partial charge in [-0.3, -0.25) is 4.79 Å². The first kappa shape index (κ1) is 52.2. The van der Waals surface area contributed by atoms with Gasteiger partial charge in [0.15, 0.2) is 11.2 Å². The van der Waals surface area contributed by atoms with E-state index in [0.29, 0.717) is 52.4 Å². The SMILES string of the molecule is CC.CC.CC.O=C1C2CC3CC(C2)CC1C3.[2H]C([2H])([2H])OC(=O)c1ccc(Cl)c(O)c1.[2H]C([2H])([2H])OC1(c2cccc(O)c2)OOC12C1CC3CC(C1)CC2C3.[2H]C([2H])([2H])OC1(c2cccc(O[C@@H]3OC(CO)C[C@H](O)C3O)c2)OOC12C1CC3CC(C1)CC2C3. The number of halogens is 1. The van der Waals surface area contributed by atoms with Crippen molar-refractivity contribution in [2.75, 3.05) is 27.7 Å². The van der Waals surface area contributed by atoms with Crippen molar-refractivity contribution in [2.45, 2.75) is 192 Å². The second-order valence-corrected chi connectivity index (χ2v) is 24.9. The molecule has 12 saturated carbocycles. The van der Waals surface area contributed by atoms with Crippen molar-refractivity contribution in [3.05, 3.63) is 88.4 Å². The fourth-order valence-corrected chi connectivity index (χ4v) is 17.6. The molecule has 0 radical (unpaired) electrons. The summed E-state index contributed by atoms with van der Waals surface area (Å²) in [4.78, 5) is 45.7. The molecule has 0 aromatic heterocycles. The van der Waals surface area contributed by atoms with Crippen LogP contribution in [0.3, 0.4) is 0 Å². The third-order valence-electron chi connectivity index (χ3n) is 20.2. The summed E-state index contributed by atoms with van der Waals surface area (Å²) in [7, 11) is -8.16. The maximum Gasteiger partial charge on any atom is 0.337 e. The number of phenolic OH excluding ortho intramolecular Hbond substituents is 2. The highest BCUT2D eigenvalue weighted by Gasteiger charge is 2.78. The zero-order chi connectivity index (χ0) is 67.1. The zero-order valence-electron chi connectivity index (χ0n) is 57.7. The van der Waals surface area contributed by atoms with Gasteiger partial charge in [-0.25, -0.2) is 14.6 Å². The Morgan fingerprint density at radius 3 is 1.49 bits per heavy atom. The first-order chi connectivity index (χ1) is 43.6. The van der Waals surface area contributed by atoms with Crippen LogP contribution in [0.25, 0.3) is 0 Å². The predicted octanol–water partition coefficient (Wildman–Crippen LogP) is 12.1. The molecule has 3 heterocycles. The summed E-state index contributed by atoms with van der Waals surface area (Å²) in [6, 6.07) is 16.8. The van der Waals surface area contributed by atoms with E-state index in [0.717, 1.165) is 69.3 Å². The Bertz CT molecular complexity index is 2920. The summed E-state index contributed by atoms with van der Waals surface area (Å²) < 4.78 is 94.0. The maximum atomic E-state index is 11.6. The Labute approximate surface area is 508 Å². The van der Waals surface area contributed by atoms with Crippen molar-refractivity contribution in [3.63, 3.8) is 0 Å². The van der Waals surface area contributed by atoms with Gasteiger partial charge in [-0.2, -0.15) is 9.78 Å². The fraction of sp³-hybridized carbons (Fsp3) is 0.697. The Balaban J connectivity index is 0.000000152. The van der Waals surface area contributed by atoms with Crippen LogP contribution in [0.1, 0.15) is 178 Å². The number of ketones is 1. The summed E-state index contributed by atoms with van der Waals surface area (Å²) >= 11 is 5.51. The summed E-state index contributed by atoms with van der Waals surface area (Å²) in [6.45, 7) is 11.7. The van der Waals surface area contributed by atoms with E-state index in [-0.39, 0.29) is 64.5 Å². The van der Waals surface area contributed by atoms with Crippen LogP contribution in [0.4, 0.5) is 0 Å². The van der Waals surface area contributed by atoms with Crippen LogP contribution in [-0.4, -0.2) is 101 Å². The van der Waals surface area contributed by atoms with Crippen molar-refractivity contribution in [1.29, 1.82) is 0 Å². The molecule has 15 fully saturated rings. The highest BCUT2D eigenvalue weighted by Crippen LogP contribution is 2.71. The number of hydrogen-bond donors (Lipinski definition) is 5. The average molecular weight is 1190 g/mol. The smallest absolute Gasteiger partial charge is 0.337 e. The molecule has 12 bridgehead atoms. The number of carbonyl (C=O) groups excluding carboxylic acids is 2.